The quantitative estimate of drug-likeness (QED) is 0.466. The number of carbonyl (C=O) groups excluding carboxylic acids is 1. The van der Waals surface area contributed by atoms with Gasteiger partial charge in [-0.2, -0.15) is 5.26 Å². The van der Waals surface area contributed by atoms with Gasteiger partial charge in [-0.1, -0.05) is 54.6 Å². The minimum absolute atomic E-state index is 0.218. The van der Waals surface area contributed by atoms with Crippen LogP contribution in [-0.2, 0) is 0 Å². The molecule has 0 fully saturated rings. The molecule has 0 aliphatic heterocycles. The van der Waals surface area contributed by atoms with Crippen molar-refractivity contribution in [1.82, 2.24) is 0 Å². The molecule has 0 N–H and O–H groups in total. The number of Topliss-reactive ketones (excluding diaryl/α,β-unsaturated/α-hetero) is 1. The molecule has 104 valence electrons. The Bertz CT molecular complexity index is 709. The van der Waals surface area contributed by atoms with Crippen LogP contribution < -0.4 is 0 Å². The van der Waals surface area contributed by atoms with E-state index in [0.717, 1.165) is 16.0 Å². The van der Waals surface area contributed by atoms with E-state index < -0.39 is 0 Å². The molecule has 2 aromatic carbocycles. The van der Waals surface area contributed by atoms with Crippen LogP contribution in [-0.4, -0.2) is 12.0 Å². The van der Waals surface area contributed by atoms with Crippen LogP contribution in [0.15, 0.2) is 65.1 Å². The molecule has 0 aliphatic rings. The second-order valence-corrected chi connectivity index (χ2v) is 5.54. The van der Waals surface area contributed by atoms with Crippen LogP contribution >= 0.6 is 11.8 Å². The van der Waals surface area contributed by atoms with Crippen molar-refractivity contribution >= 4 is 17.5 Å². The number of benzene rings is 2. The van der Waals surface area contributed by atoms with E-state index >= 15 is 0 Å². The van der Waals surface area contributed by atoms with Gasteiger partial charge in [-0.05, 0) is 24.3 Å². The number of nitriles is 1. The predicted octanol–water partition coefficient (Wildman–Crippen LogP) is 4.70. The molecular formula is C18H15NOS. The SMILES string of the molecule is CS/C(C)=C(\C#N)C(=O)c1ccc(-c2ccccc2)cc1. The third-order valence-corrected chi connectivity index (χ3v) is 4.07. The lowest BCUT2D eigenvalue weighted by Gasteiger charge is -2.05. The lowest BCUT2D eigenvalue weighted by atomic mass is 10.00. The number of allylic oxidation sites excluding steroid dienone is 2. The number of carbonyl (C=O) groups is 1. The summed E-state index contributed by atoms with van der Waals surface area (Å²) in [7, 11) is 0. The highest BCUT2D eigenvalue weighted by Crippen LogP contribution is 2.22. The van der Waals surface area contributed by atoms with E-state index in [1.807, 2.05) is 54.8 Å². The van der Waals surface area contributed by atoms with Crippen LogP contribution in [0.1, 0.15) is 17.3 Å². The van der Waals surface area contributed by atoms with Gasteiger partial charge in [0.05, 0.1) is 0 Å². The number of nitrogens with zero attached hydrogens (tertiary/aromatic N) is 1. The third-order valence-electron chi connectivity index (χ3n) is 3.25. The highest BCUT2D eigenvalue weighted by atomic mass is 32.2. The van der Waals surface area contributed by atoms with Gasteiger partial charge in [0.2, 0.25) is 5.78 Å². The minimum atomic E-state index is -0.219. The first-order valence-electron chi connectivity index (χ1n) is 6.52. The average molecular weight is 293 g/mol. The van der Waals surface area contributed by atoms with Crippen molar-refractivity contribution in [1.29, 1.82) is 5.26 Å². The first-order valence-corrected chi connectivity index (χ1v) is 7.75. The molecule has 3 heteroatoms. The van der Waals surface area contributed by atoms with E-state index in [9.17, 15) is 4.79 Å². The topological polar surface area (TPSA) is 40.9 Å². The fourth-order valence-electron chi connectivity index (χ4n) is 1.98. The van der Waals surface area contributed by atoms with Gasteiger partial charge in [0, 0.05) is 10.5 Å². The molecule has 0 saturated carbocycles. The monoisotopic (exact) mass is 293 g/mol. The van der Waals surface area contributed by atoms with Crippen LogP contribution in [0, 0.1) is 11.3 Å². The van der Waals surface area contributed by atoms with E-state index in [-0.39, 0.29) is 11.4 Å². The van der Waals surface area contributed by atoms with Gasteiger partial charge in [-0.15, -0.1) is 11.8 Å². The summed E-state index contributed by atoms with van der Waals surface area (Å²) in [5, 5.41) is 9.15. The molecule has 0 heterocycles. The van der Waals surface area contributed by atoms with E-state index in [0.29, 0.717) is 5.56 Å². The molecule has 2 nitrogen and oxygen atoms in total. The smallest absolute Gasteiger partial charge is 0.204 e. The first kappa shape index (κ1) is 15.1. The summed E-state index contributed by atoms with van der Waals surface area (Å²) in [6.45, 7) is 1.79. The maximum atomic E-state index is 12.3. The molecule has 0 atom stereocenters. The molecule has 0 bridgehead atoms. The summed E-state index contributed by atoms with van der Waals surface area (Å²) in [4.78, 5) is 13.1. The summed E-state index contributed by atoms with van der Waals surface area (Å²) in [6.07, 6.45) is 1.86. The zero-order valence-electron chi connectivity index (χ0n) is 12.0. The molecule has 21 heavy (non-hydrogen) atoms. The fraction of sp³-hybridized carbons (Fsp3) is 0.111. The summed E-state index contributed by atoms with van der Waals surface area (Å²) in [5.41, 5.74) is 2.92. The molecule has 0 amide bonds. The number of rotatable bonds is 4. The Hall–Kier alpha value is -2.31. The molecule has 0 aliphatic carbocycles. The summed E-state index contributed by atoms with van der Waals surface area (Å²) >= 11 is 1.42. The number of hydrogen-bond donors (Lipinski definition) is 0. The number of thioether (sulfide) groups is 1. The van der Waals surface area contributed by atoms with Gasteiger partial charge in [-0.25, -0.2) is 0 Å². The van der Waals surface area contributed by atoms with Gasteiger partial charge in [0.1, 0.15) is 11.6 Å². The lowest BCUT2D eigenvalue weighted by molar-refractivity contribution is 0.103. The summed E-state index contributed by atoms with van der Waals surface area (Å²) in [5.74, 6) is -0.219. The van der Waals surface area contributed by atoms with E-state index in [4.69, 9.17) is 5.26 Å². The van der Waals surface area contributed by atoms with Crippen molar-refractivity contribution in [3.63, 3.8) is 0 Å². The van der Waals surface area contributed by atoms with Gasteiger partial charge >= 0.3 is 0 Å². The first-order chi connectivity index (χ1) is 10.2. The van der Waals surface area contributed by atoms with Crippen molar-refractivity contribution in [3.05, 3.63) is 70.6 Å². The van der Waals surface area contributed by atoms with Gasteiger partial charge in [0.15, 0.2) is 0 Å². The maximum absolute atomic E-state index is 12.3. The van der Waals surface area contributed by atoms with Gasteiger partial charge < -0.3 is 0 Å². The number of ketones is 1. The highest BCUT2D eigenvalue weighted by molar-refractivity contribution is 8.02. The Morgan fingerprint density at radius 2 is 1.57 bits per heavy atom. The van der Waals surface area contributed by atoms with E-state index in [1.54, 1.807) is 19.1 Å². The highest BCUT2D eigenvalue weighted by Gasteiger charge is 2.14. The summed E-state index contributed by atoms with van der Waals surface area (Å²) in [6, 6.07) is 19.3. The second-order valence-electron chi connectivity index (χ2n) is 4.52. The van der Waals surface area contributed by atoms with Crippen LogP contribution in [0.2, 0.25) is 0 Å². The molecule has 0 radical (unpaired) electrons. The van der Waals surface area contributed by atoms with Crippen LogP contribution in [0.25, 0.3) is 11.1 Å². The van der Waals surface area contributed by atoms with Crippen molar-refractivity contribution < 1.29 is 4.79 Å². The Balaban J connectivity index is 2.32. The third kappa shape index (κ3) is 3.42. The van der Waals surface area contributed by atoms with Crippen molar-refractivity contribution in [2.45, 2.75) is 6.92 Å². The molecule has 0 unspecified atom stereocenters. The zero-order valence-corrected chi connectivity index (χ0v) is 12.8. The van der Waals surface area contributed by atoms with Crippen molar-refractivity contribution in [3.8, 4) is 17.2 Å². The number of hydrogen-bond acceptors (Lipinski definition) is 3. The molecular weight excluding hydrogens is 278 g/mol. The average Bonchev–Trinajstić information content (AvgIpc) is 2.56. The Labute approximate surface area is 129 Å². The van der Waals surface area contributed by atoms with Crippen molar-refractivity contribution in [2.75, 3.05) is 6.26 Å². The normalized spacial score (nSPS) is 11.5. The lowest BCUT2D eigenvalue weighted by Crippen LogP contribution is -2.03. The molecule has 2 aromatic rings. The van der Waals surface area contributed by atoms with Gasteiger partial charge in [-0.3, -0.25) is 4.79 Å². The predicted molar refractivity (Wildman–Crippen MR) is 88.0 cm³/mol. The van der Waals surface area contributed by atoms with Crippen LogP contribution in [0.3, 0.4) is 0 Å². The molecule has 2 rings (SSSR count). The minimum Gasteiger partial charge on any atom is -0.288 e. The second kappa shape index (κ2) is 6.92. The van der Waals surface area contributed by atoms with Crippen LogP contribution in [0.5, 0.6) is 0 Å². The Morgan fingerprint density at radius 1 is 1.00 bits per heavy atom. The van der Waals surface area contributed by atoms with Gasteiger partial charge in [0.25, 0.3) is 0 Å². The Kier molecular flexibility index (Phi) is 4.97. The maximum Gasteiger partial charge on any atom is 0.204 e. The van der Waals surface area contributed by atoms with Crippen molar-refractivity contribution in [2.24, 2.45) is 0 Å². The van der Waals surface area contributed by atoms with E-state index in [1.165, 1.54) is 11.8 Å². The largest absolute Gasteiger partial charge is 0.288 e. The molecule has 0 aromatic heterocycles. The standard InChI is InChI=1S/C18H15NOS/c1-13(21-2)17(12-19)18(20)16-10-8-15(9-11-16)14-6-4-3-5-7-14/h3-11H,1-2H3/b17-13+. The zero-order chi connectivity index (χ0) is 15.2. The summed E-state index contributed by atoms with van der Waals surface area (Å²) < 4.78 is 0. The van der Waals surface area contributed by atoms with Crippen LogP contribution in [0.4, 0.5) is 0 Å². The fourth-order valence-corrected chi connectivity index (χ4v) is 2.32. The Morgan fingerprint density at radius 3 is 2.10 bits per heavy atom. The molecule has 0 spiro atoms. The van der Waals surface area contributed by atoms with E-state index in [2.05, 4.69) is 0 Å². The molecule has 0 saturated heterocycles.